The van der Waals surface area contributed by atoms with Crippen molar-refractivity contribution < 1.29 is 14.3 Å². The number of halogens is 1. The Morgan fingerprint density at radius 3 is 2.95 bits per heavy atom. The Morgan fingerprint density at radius 2 is 2.21 bits per heavy atom. The molecule has 0 aliphatic heterocycles. The Balaban J connectivity index is 1.82. The Labute approximate surface area is 112 Å². The molecule has 2 unspecified atom stereocenters. The number of hydrogen-bond acceptors (Lipinski definition) is 3. The topological polar surface area (TPSA) is 62.2 Å². The molecule has 0 radical (unpaired) electrons. The van der Waals surface area contributed by atoms with Gasteiger partial charge in [-0.15, -0.1) is 0 Å². The van der Waals surface area contributed by atoms with Gasteiger partial charge in [0.25, 0.3) is 0 Å². The predicted octanol–water partition coefficient (Wildman–Crippen LogP) is 2.20. The van der Waals surface area contributed by atoms with Crippen LogP contribution in [0.5, 0.6) is 0 Å². The molecule has 0 aromatic carbocycles. The molecule has 0 spiro atoms. The monoisotopic (exact) mass is 266 g/mol. The van der Waals surface area contributed by atoms with Crippen LogP contribution in [0.1, 0.15) is 31.2 Å². The third-order valence-corrected chi connectivity index (χ3v) is 3.72. The predicted molar refractivity (Wildman–Crippen MR) is 69.0 cm³/mol. The normalized spacial score (nSPS) is 23.2. The quantitative estimate of drug-likeness (QED) is 0.857. The lowest BCUT2D eigenvalue weighted by molar-refractivity contribution is -0.144. The first-order valence-electron chi connectivity index (χ1n) is 6.70. The van der Waals surface area contributed by atoms with Crippen LogP contribution in [0.3, 0.4) is 0 Å². The fourth-order valence-corrected chi connectivity index (χ4v) is 2.73. The molecule has 19 heavy (non-hydrogen) atoms. The summed E-state index contributed by atoms with van der Waals surface area (Å²) >= 11 is 0. The number of rotatable bonds is 5. The van der Waals surface area contributed by atoms with E-state index in [0.29, 0.717) is 13.1 Å². The highest BCUT2D eigenvalue weighted by Crippen LogP contribution is 2.29. The van der Waals surface area contributed by atoms with Crippen molar-refractivity contribution in [3.63, 3.8) is 0 Å². The van der Waals surface area contributed by atoms with Crippen molar-refractivity contribution >= 4 is 5.97 Å². The number of nitrogens with one attached hydrogen (secondary N) is 1. The van der Waals surface area contributed by atoms with Gasteiger partial charge in [0.2, 0.25) is 0 Å². The second-order valence-electron chi connectivity index (χ2n) is 5.13. The van der Waals surface area contributed by atoms with Crippen molar-refractivity contribution in [2.24, 2.45) is 11.8 Å². The number of aromatic nitrogens is 1. The van der Waals surface area contributed by atoms with Crippen molar-refractivity contribution in [2.45, 2.75) is 32.2 Å². The fraction of sp³-hybridized carbons (Fsp3) is 0.571. The lowest BCUT2D eigenvalue weighted by atomic mass is 9.79. The van der Waals surface area contributed by atoms with Gasteiger partial charge in [-0.25, -0.2) is 4.39 Å². The standard InChI is InChI=1S/C14H19FN2O2/c15-12-5-10(7-17-9-12)6-16-8-11-3-1-2-4-13(11)14(18)19/h5,7,9,11,13,16H,1-4,6,8H2,(H,18,19). The van der Waals surface area contributed by atoms with Crippen molar-refractivity contribution in [1.82, 2.24) is 10.3 Å². The number of carbonyl (C=O) groups is 1. The maximum atomic E-state index is 12.9. The van der Waals surface area contributed by atoms with Gasteiger partial charge in [-0.2, -0.15) is 0 Å². The molecule has 4 nitrogen and oxygen atoms in total. The van der Waals surface area contributed by atoms with Crippen LogP contribution in [0.15, 0.2) is 18.5 Å². The van der Waals surface area contributed by atoms with Gasteiger partial charge in [0.05, 0.1) is 12.1 Å². The van der Waals surface area contributed by atoms with Gasteiger partial charge in [-0.3, -0.25) is 9.78 Å². The summed E-state index contributed by atoms with van der Waals surface area (Å²) in [4.78, 5) is 14.9. The molecule has 0 bridgehead atoms. The van der Waals surface area contributed by atoms with Gasteiger partial charge in [0.15, 0.2) is 0 Å². The van der Waals surface area contributed by atoms with E-state index in [0.717, 1.165) is 31.2 Å². The van der Waals surface area contributed by atoms with Crippen LogP contribution in [-0.2, 0) is 11.3 Å². The van der Waals surface area contributed by atoms with Crippen LogP contribution < -0.4 is 5.32 Å². The van der Waals surface area contributed by atoms with Gasteiger partial charge in [0, 0.05) is 12.7 Å². The number of aliphatic carboxylic acids is 1. The van der Waals surface area contributed by atoms with Crippen molar-refractivity contribution in [3.05, 3.63) is 29.8 Å². The van der Waals surface area contributed by atoms with Crippen molar-refractivity contribution in [1.29, 1.82) is 0 Å². The van der Waals surface area contributed by atoms with E-state index in [1.165, 1.54) is 12.3 Å². The van der Waals surface area contributed by atoms with Crippen molar-refractivity contribution in [3.8, 4) is 0 Å². The average Bonchev–Trinajstić information content (AvgIpc) is 2.39. The molecule has 1 fully saturated rings. The van der Waals surface area contributed by atoms with Crippen LogP contribution in [-0.4, -0.2) is 22.6 Å². The Kier molecular flexibility index (Phi) is 4.85. The molecular weight excluding hydrogens is 247 g/mol. The highest BCUT2D eigenvalue weighted by Gasteiger charge is 2.30. The fourth-order valence-electron chi connectivity index (χ4n) is 2.73. The van der Waals surface area contributed by atoms with E-state index in [-0.39, 0.29) is 17.7 Å². The summed E-state index contributed by atoms with van der Waals surface area (Å²) in [7, 11) is 0. The third kappa shape index (κ3) is 3.99. The number of nitrogens with zero attached hydrogens (tertiary/aromatic N) is 1. The number of pyridine rings is 1. The molecule has 1 aliphatic rings. The maximum Gasteiger partial charge on any atom is 0.306 e. The van der Waals surface area contributed by atoms with Gasteiger partial charge < -0.3 is 10.4 Å². The summed E-state index contributed by atoms with van der Waals surface area (Å²) in [6, 6.07) is 1.44. The molecule has 2 N–H and O–H groups in total. The van der Waals surface area contributed by atoms with Crippen molar-refractivity contribution in [2.75, 3.05) is 6.54 Å². The number of carboxylic acid groups (broad SMARTS) is 1. The first-order valence-corrected chi connectivity index (χ1v) is 6.70. The summed E-state index contributed by atoms with van der Waals surface area (Å²) in [5.74, 6) is -1.11. The van der Waals surface area contributed by atoms with Crippen LogP contribution in [0.2, 0.25) is 0 Å². The van der Waals surface area contributed by atoms with Crippen LogP contribution >= 0.6 is 0 Å². The highest BCUT2D eigenvalue weighted by molar-refractivity contribution is 5.70. The summed E-state index contributed by atoms with van der Waals surface area (Å²) < 4.78 is 12.9. The zero-order valence-corrected chi connectivity index (χ0v) is 10.8. The van der Waals surface area contributed by atoms with Gasteiger partial charge in [0.1, 0.15) is 5.82 Å². The van der Waals surface area contributed by atoms with Crippen LogP contribution in [0, 0.1) is 17.7 Å². The molecule has 1 heterocycles. The molecule has 1 aliphatic carbocycles. The van der Waals surface area contributed by atoms with E-state index in [1.807, 2.05) is 0 Å². The van der Waals surface area contributed by atoms with E-state index >= 15 is 0 Å². The Bertz CT molecular complexity index is 439. The van der Waals surface area contributed by atoms with Gasteiger partial charge in [-0.05, 0) is 36.9 Å². The third-order valence-electron chi connectivity index (χ3n) is 3.72. The number of hydrogen-bond donors (Lipinski definition) is 2. The van der Waals surface area contributed by atoms with E-state index < -0.39 is 5.97 Å². The summed E-state index contributed by atoms with van der Waals surface area (Å²) in [6.07, 6.45) is 6.60. The molecule has 0 amide bonds. The molecule has 104 valence electrons. The summed E-state index contributed by atoms with van der Waals surface area (Å²) in [5.41, 5.74) is 0.780. The molecular formula is C14H19FN2O2. The minimum Gasteiger partial charge on any atom is -0.481 e. The van der Waals surface area contributed by atoms with Gasteiger partial charge in [-0.1, -0.05) is 12.8 Å². The lowest BCUT2D eigenvalue weighted by Crippen LogP contribution is -2.34. The molecule has 2 atom stereocenters. The maximum absolute atomic E-state index is 12.9. The van der Waals surface area contributed by atoms with E-state index in [2.05, 4.69) is 10.3 Å². The van der Waals surface area contributed by atoms with Crippen LogP contribution in [0.25, 0.3) is 0 Å². The molecule has 1 saturated carbocycles. The van der Waals surface area contributed by atoms with E-state index in [4.69, 9.17) is 0 Å². The molecule has 5 heteroatoms. The second-order valence-corrected chi connectivity index (χ2v) is 5.13. The van der Waals surface area contributed by atoms with E-state index in [1.54, 1.807) is 6.20 Å². The molecule has 0 saturated heterocycles. The average molecular weight is 266 g/mol. The first kappa shape index (κ1) is 13.9. The smallest absolute Gasteiger partial charge is 0.306 e. The SMILES string of the molecule is O=C(O)C1CCCCC1CNCc1cncc(F)c1. The van der Waals surface area contributed by atoms with Crippen LogP contribution in [0.4, 0.5) is 4.39 Å². The molecule has 1 aromatic rings. The zero-order chi connectivity index (χ0) is 13.7. The minimum absolute atomic E-state index is 0.174. The first-order chi connectivity index (χ1) is 9.16. The van der Waals surface area contributed by atoms with Gasteiger partial charge >= 0.3 is 5.97 Å². The Morgan fingerprint density at radius 1 is 1.42 bits per heavy atom. The summed E-state index contributed by atoms with van der Waals surface area (Å²) in [6.45, 7) is 1.18. The minimum atomic E-state index is -0.695. The zero-order valence-electron chi connectivity index (χ0n) is 10.8. The highest BCUT2D eigenvalue weighted by atomic mass is 19.1. The number of carboxylic acids is 1. The summed E-state index contributed by atoms with van der Waals surface area (Å²) in [5, 5.41) is 12.4. The Hall–Kier alpha value is -1.49. The molecule has 2 rings (SSSR count). The van der Waals surface area contributed by atoms with E-state index in [9.17, 15) is 14.3 Å². The lowest BCUT2D eigenvalue weighted by Gasteiger charge is -2.28. The largest absolute Gasteiger partial charge is 0.481 e. The molecule has 1 aromatic heterocycles. The second kappa shape index (κ2) is 6.61.